The van der Waals surface area contributed by atoms with Crippen LogP contribution in [0, 0.1) is 0 Å². The topological polar surface area (TPSA) is 45.1 Å². The quantitative estimate of drug-likeness (QED) is 0.775. The molecule has 0 saturated heterocycles. The van der Waals surface area contributed by atoms with Crippen molar-refractivity contribution in [2.24, 2.45) is 0 Å². The highest BCUT2D eigenvalue weighted by Gasteiger charge is 2.04. The van der Waals surface area contributed by atoms with Gasteiger partial charge in [0.05, 0.1) is 22.2 Å². The van der Waals surface area contributed by atoms with E-state index in [4.69, 9.17) is 5.11 Å². The van der Waals surface area contributed by atoms with Gasteiger partial charge in [-0.1, -0.05) is 6.07 Å². The SMILES string of the molecule is OCCNCCc1nc(-c2cccs2)cs1. The standard InChI is InChI=1S/C11H14N2OS2/c14-6-5-12-4-3-11-13-9(8-16-11)10-2-1-7-15-10/h1-2,7-8,12,14H,3-6H2. The van der Waals surface area contributed by atoms with Crippen molar-refractivity contribution in [2.75, 3.05) is 19.7 Å². The molecule has 0 saturated carbocycles. The van der Waals surface area contributed by atoms with Crippen LogP contribution in [0.15, 0.2) is 22.9 Å². The average Bonchev–Trinajstić information content (AvgIpc) is 2.94. The Morgan fingerprint density at radius 2 is 2.25 bits per heavy atom. The molecule has 0 unspecified atom stereocenters. The molecule has 0 fully saturated rings. The third-order valence-corrected chi connectivity index (χ3v) is 3.93. The van der Waals surface area contributed by atoms with E-state index >= 15 is 0 Å². The van der Waals surface area contributed by atoms with Crippen LogP contribution in [0.1, 0.15) is 5.01 Å². The molecule has 0 aliphatic carbocycles. The minimum Gasteiger partial charge on any atom is -0.395 e. The largest absolute Gasteiger partial charge is 0.395 e. The number of hydrogen-bond acceptors (Lipinski definition) is 5. The zero-order valence-electron chi connectivity index (χ0n) is 8.85. The summed E-state index contributed by atoms with van der Waals surface area (Å²) in [6.45, 7) is 1.72. The van der Waals surface area contributed by atoms with Crippen molar-refractivity contribution in [1.29, 1.82) is 0 Å². The van der Waals surface area contributed by atoms with Crippen LogP contribution in [-0.2, 0) is 6.42 Å². The Morgan fingerprint density at radius 3 is 3.00 bits per heavy atom. The van der Waals surface area contributed by atoms with E-state index in [0.29, 0.717) is 6.54 Å². The third kappa shape index (κ3) is 3.12. The summed E-state index contributed by atoms with van der Waals surface area (Å²) in [7, 11) is 0. The van der Waals surface area contributed by atoms with Gasteiger partial charge in [-0.05, 0) is 11.4 Å². The maximum atomic E-state index is 8.62. The molecule has 0 amide bonds. The highest BCUT2D eigenvalue weighted by Crippen LogP contribution is 2.25. The molecule has 2 aromatic heterocycles. The number of hydrogen-bond donors (Lipinski definition) is 2. The van der Waals surface area contributed by atoms with E-state index in [0.717, 1.165) is 23.7 Å². The Bertz CT molecular complexity index is 411. The number of thiazole rings is 1. The van der Waals surface area contributed by atoms with Crippen LogP contribution in [0.3, 0.4) is 0 Å². The van der Waals surface area contributed by atoms with Gasteiger partial charge in [-0.3, -0.25) is 0 Å². The first-order valence-corrected chi connectivity index (χ1v) is 6.96. The van der Waals surface area contributed by atoms with Crippen molar-refractivity contribution in [3.63, 3.8) is 0 Å². The summed E-state index contributed by atoms with van der Waals surface area (Å²) in [6.07, 6.45) is 0.927. The molecule has 0 bridgehead atoms. The van der Waals surface area contributed by atoms with E-state index in [2.05, 4.69) is 27.1 Å². The lowest BCUT2D eigenvalue weighted by atomic mass is 10.4. The molecule has 0 aliphatic rings. The molecule has 0 aliphatic heterocycles. The lowest BCUT2D eigenvalue weighted by Crippen LogP contribution is -2.20. The molecule has 0 aromatic carbocycles. The fraction of sp³-hybridized carbons (Fsp3) is 0.364. The molecule has 86 valence electrons. The highest BCUT2D eigenvalue weighted by molar-refractivity contribution is 7.14. The van der Waals surface area contributed by atoms with Crippen molar-refractivity contribution in [1.82, 2.24) is 10.3 Å². The van der Waals surface area contributed by atoms with Crippen LogP contribution >= 0.6 is 22.7 Å². The van der Waals surface area contributed by atoms with E-state index in [9.17, 15) is 0 Å². The van der Waals surface area contributed by atoms with E-state index in [1.807, 2.05) is 6.07 Å². The van der Waals surface area contributed by atoms with Crippen LogP contribution in [0.2, 0.25) is 0 Å². The molecule has 3 nitrogen and oxygen atoms in total. The lowest BCUT2D eigenvalue weighted by molar-refractivity contribution is 0.293. The first-order valence-electron chi connectivity index (χ1n) is 5.20. The zero-order chi connectivity index (χ0) is 11.2. The summed E-state index contributed by atoms with van der Waals surface area (Å²) in [5.74, 6) is 0. The molecular weight excluding hydrogens is 240 g/mol. The van der Waals surface area contributed by atoms with Crippen LogP contribution in [-0.4, -0.2) is 29.8 Å². The van der Waals surface area contributed by atoms with E-state index < -0.39 is 0 Å². The van der Waals surface area contributed by atoms with Crippen LogP contribution in [0.4, 0.5) is 0 Å². The van der Waals surface area contributed by atoms with Crippen molar-refractivity contribution in [3.8, 4) is 10.6 Å². The molecular formula is C11H14N2OS2. The van der Waals surface area contributed by atoms with Gasteiger partial charge < -0.3 is 10.4 Å². The molecule has 2 aromatic rings. The van der Waals surface area contributed by atoms with Crippen molar-refractivity contribution >= 4 is 22.7 Å². The maximum absolute atomic E-state index is 8.62. The summed E-state index contributed by atoms with van der Waals surface area (Å²) >= 11 is 3.42. The zero-order valence-corrected chi connectivity index (χ0v) is 10.5. The molecule has 0 spiro atoms. The van der Waals surface area contributed by atoms with Gasteiger partial charge in [-0.2, -0.15) is 0 Å². The predicted octanol–water partition coefficient (Wildman–Crippen LogP) is 2.00. The van der Waals surface area contributed by atoms with Gasteiger partial charge in [0, 0.05) is 24.9 Å². The number of nitrogens with zero attached hydrogens (tertiary/aromatic N) is 1. The fourth-order valence-corrected chi connectivity index (χ4v) is 2.92. The molecule has 0 radical (unpaired) electrons. The second-order valence-corrected chi connectivity index (χ2v) is 5.22. The smallest absolute Gasteiger partial charge is 0.0945 e. The number of thiophene rings is 1. The number of nitrogens with one attached hydrogen (secondary N) is 1. The van der Waals surface area contributed by atoms with E-state index in [1.54, 1.807) is 22.7 Å². The molecule has 2 N–H and O–H groups in total. The van der Waals surface area contributed by atoms with Gasteiger partial charge in [-0.15, -0.1) is 22.7 Å². The Morgan fingerprint density at radius 1 is 1.31 bits per heavy atom. The van der Waals surface area contributed by atoms with Crippen molar-refractivity contribution in [2.45, 2.75) is 6.42 Å². The minimum absolute atomic E-state index is 0.193. The summed E-state index contributed by atoms with van der Waals surface area (Å²) in [6, 6.07) is 4.13. The molecule has 5 heteroatoms. The second kappa shape index (κ2) is 6.10. The first kappa shape index (κ1) is 11.7. The highest BCUT2D eigenvalue weighted by atomic mass is 32.1. The van der Waals surface area contributed by atoms with Gasteiger partial charge in [0.15, 0.2) is 0 Å². The second-order valence-electron chi connectivity index (χ2n) is 3.33. The van der Waals surface area contributed by atoms with Crippen molar-refractivity contribution < 1.29 is 5.11 Å². The Hall–Kier alpha value is -0.750. The van der Waals surface area contributed by atoms with Gasteiger partial charge in [-0.25, -0.2) is 4.98 Å². The summed E-state index contributed by atoms with van der Waals surface area (Å²) in [5, 5.41) is 17.1. The van der Waals surface area contributed by atoms with E-state index in [1.165, 1.54) is 4.88 Å². The molecule has 2 heterocycles. The van der Waals surface area contributed by atoms with Crippen molar-refractivity contribution in [3.05, 3.63) is 27.9 Å². The number of aliphatic hydroxyl groups is 1. The molecule has 0 atom stereocenters. The number of aromatic nitrogens is 1. The number of rotatable bonds is 6. The van der Waals surface area contributed by atoms with Crippen LogP contribution in [0.5, 0.6) is 0 Å². The summed E-state index contributed by atoms with van der Waals surface area (Å²) < 4.78 is 0. The van der Waals surface area contributed by atoms with Gasteiger partial charge in [0.1, 0.15) is 0 Å². The van der Waals surface area contributed by atoms with Gasteiger partial charge in [0.2, 0.25) is 0 Å². The Labute approximate surface area is 103 Å². The summed E-state index contributed by atoms with van der Waals surface area (Å²) in [5.41, 5.74) is 1.08. The summed E-state index contributed by atoms with van der Waals surface area (Å²) in [4.78, 5) is 5.80. The van der Waals surface area contributed by atoms with Gasteiger partial charge >= 0.3 is 0 Å². The van der Waals surface area contributed by atoms with E-state index in [-0.39, 0.29) is 6.61 Å². The van der Waals surface area contributed by atoms with Crippen LogP contribution < -0.4 is 5.32 Å². The number of aliphatic hydroxyl groups excluding tert-OH is 1. The normalized spacial score (nSPS) is 10.8. The van der Waals surface area contributed by atoms with Gasteiger partial charge in [0.25, 0.3) is 0 Å². The monoisotopic (exact) mass is 254 g/mol. The first-order chi connectivity index (χ1) is 7.90. The lowest BCUT2D eigenvalue weighted by Gasteiger charge is -1.98. The predicted molar refractivity (Wildman–Crippen MR) is 69.1 cm³/mol. The molecule has 16 heavy (non-hydrogen) atoms. The Kier molecular flexibility index (Phi) is 4.47. The van der Waals surface area contributed by atoms with Crippen LogP contribution in [0.25, 0.3) is 10.6 Å². The molecule has 2 rings (SSSR count). The minimum atomic E-state index is 0.193. The fourth-order valence-electron chi connectivity index (χ4n) is 1.36. The maximum Gasteiger partial charge on any atom is 0.0945 e. The third-order valence-electron chi connectivity index (χ3n) is 2.13. The average molecular weight is 254 g/mol. The Balaban J connectivity index is 1.88.